The second-order valence-corrected chi connectivity index (χ2v) is 4.72. The molecule has 1 atom stereocenters. The summed E-state index contributed by atoms with van der Waals surface area (Å²) in [5.74, 6) is -0.176. The molecular formula is C15H22N4O. The van der Waals surface area contributed by atoms with Crippen molar-refractivity contribution in [3.63, 3.8) is 0 Å². The van der Waals surface area contributed by atoms with Crippen LogP contribution in [0.5, 0.6) is 0 Å². The van der Waals surface area contributed by atoms with Crippen LogP contribution in [0.2, 0.25) is 0 Å². The van der Waals surface area contributed by atoms with Gasteiger partial charge < -0.3 is 16.0 Å². The Morgan fingerprint density at radius 2 is 2.00 bits per heavy atom. The summed E-state index contributed by atoms with van der Waals surface area (Å²) in [6.45, 7) is 5.68. The van der Waals surface area contributed by atoms with Gasteiger partial charge in [-0.15, -0.1) is 0 Å². The molecule has 0 heterocycles. The Kier molecular flexibility index (Phi) is 6.97. The van der Waals surface area contributed by atoms with Gasteiger partial charge in [-0.3, -0.25) is 0 Å². The van der Waals surface area contributed by atoms with Gasteiger partial charge in [0.2, 0.25) is 0 Å². The lowest BCUT2D eigenvalue weighted by atomic mass is 10.2. The van der Waals surface area contributed by atoms with Gasteiger partial charge >= 0.3 is 6.03 Å². The lowest BCUT2D eigenvalue weighted by Crippen LogP contribution is -2.37. The number of anilines is 1. The maximum Gasteiger partial charge on any atom is 0.315 e. The predicted molar refractivity (Wildman–Crippen MR) is 80.2 cm³/mol. The van der Waals surface area contributed by atoms with E-state index in [0.717, 1.165) is 24.2 Å². The molecule has 1 aromatic rings. The Bertz CT molecular complexity index is 450. The number of nitrogens with one attached hydrogen (secondary N) is 3. The number of carbonyl (C=O) groups is 1. The summed E-state index contributed by atoms with van der Waals surface area (Å²) in [5, 5.41) is 17.3. The molecular weight excluding hydrogens is 252 g/mol. The van der Waals surface area contributed by atoms with E-state index in [1.54, 1.807) is 6.92 Å². The number of amides is 2. The number of carbonyl (C=O) groups excluding carboxylic acids is 1. The van der Waals surface area contributed by atoms with Crippen molar-refractivity contribution in [2.45, 2.75) is 26.8 Å². The Morgan fingerprint density at radius 3 is 2.60 bits per heavy atom. The second-order valence-electron chi connectivity index (χ2n) is 4.72. The van der Waals surface area contributed by atoms with Gasteiger partial charge in [-0.2, -0.15) is 5.26 Å². The first kappa shape index (κ1) is 15.8. The van der Waals surface area contributed by atoms with Crippen LogP contribution in [-0.2, 0) is 6.54 Å². The molecule has 0 aliphatic carbocycles. The first-order chi connectivity index (χ1) is 9.65. The molecule has 0 saturated heterocycles. The summed E-state index contributed by atoms with van der Waals surface area (Å²) in [5.41, 5.74) is 2.12. The molecule has 5 nitrogen and oxygen atoms in total. The molecule has 20 heavy (non-hydrogen) atoms. The first-order valence-electron chi connectivity index (χ1n) is 6.89. The standard InChI is InChI=1S/C15H22N4O/c1-3-8-17-14-6-4-13(5-7-14)11-19-15(20)18-10-12(2)9-16/h4-7,12,17H,3,8,10-11H2,1-2H3,(H2,18,19,20)/t12-/m1/s1. The monoisotopic (exact) mass is 274 g/mol. The highest BCUT2D eigenvalue weighted by Crippen LogP contribution is 2.09. The molecule has 0 aliphatic rings. The van der Waals surface area contributed by atoms with Gasteiger partial charge in [0.05, 0.1) is 12.0 Å². The fraction of sp³-hybridized carbons (Fsp3) is 0.467. The van der Waals surface area contributed by atoms with E-state index in [1.165, 1.54) is 0 Å². The van der Waals surface area contributed by atoms with E-state index in [0.29, 0.717) is 13.1 Å². The number of nitrogens with zero attached hydrogens (tertiary/aromatic N) is 1. The van der Waals surface area contributed by atoms with E-state index in [-0.39, 0.29) is 11.9 Å². The van der Waals surface area contributed by atoms with Crippen LogP contribution in [0.4, 0.5) is 10.5 Å². The van der Waals surface area contributed by atoms with Gasteiger partial charge in [0.1, 0.15) is 0 Å². The van der Waals surface area contributed by atoms with Gasteiger partial charge in [0.15, 0.2) is 0 Å². The smallest absolute Gasteiger partial charge is 0.315 e. The van der Waals surface area contributed by atoms with Crippen LogP contribution in [0.15, 0.2) is 24.3 Å². The predicted octanol–water partition coefficient (Wildman–Crippen LogP) is 2.47. The average molecular weight is 274 g/mol. The quantitative estimate of drug-likeness (QED) is 0.715. The summed E-state index contributed by atoms with van der Waals surface area (Å²) >= 11 is 0. The highest BCUT2D eigenvalue weighted by atomic mass is 16.2. The van der Waals surface area contributed by atoms with E-state index in [9.17, 15) is 4.79 Å². The van der Waals surface area contributed by atoms with Gasteiger partial charge in [0.25, 0.3) is 0 Å². The largest absolute Gasteiger partial charge is 0.385 e. The van der Waals surface area contributed by atoms with Crippen molar-refractivity contribution < 1.29 is 4.79 Å². The van der Waals surface area contributed by atoms with Crippen LogP contribution in [0.25, 0.3) is 0 Å². The molecule has 5 heteroatoms. The maximum atomic E-state index is 11.5. The molecule has 0 aromatic heterocycles. The Morgan fingerprint density at radius 1 is 1.30 bits per heavy atom. The summed E-state index contributed by atoms with van der Waals surface area (Å²) in [7, 11) is 0. The third kappa shape index (κ3) is 6.10. The van der Waals surface area contributed by atoms with Crippen LogP contribution in [-0.4, -0.2) is 19.1 Å². The highest BCUT2D eigenvalue weighted by molar-refractivity contribution is 5.73. The Balaban J connectivity index is 2.31. The molecule has 1 aromatic carbocycles. The van der Waals surface area contributed by atoms with Gasteiger partial charge in [-0.05, 0) is 31.0 Å². The number of hydrogen-bond acceptors (Lipinski definition) is 3. The van der Waals surface area contributed by atoms with Gasteiger partial charge in [0, 0.05) is 25.3 Å². The molecule has 2 amide bonds. The molecule has 0 spiro atoms. The second kappa shape index (κ2) is 8.81. The van der Waals surface area contributed by atoms with E-state index in [2.05, 4.69) is 28.9 Å². The lowest BCUT2D eigenvalue weighted by molar-refractivity contribution is 0.239. The zero-order valence-electron chi connectivity index (χ0n) is 12.1. The fourth-order valence-corrected chi connectivity index (χ4v) is 1.55. The average Bonchev–Trinajstić information content (AvgIpc) is 2.49. The molecule has 1 rings (SSSR count). The molecule has 0 unspecified atom stereocenters. The van der Waals surface area contributed by atoms with Crippen molar-refractivity contribution in [1.29, 1.82) is 5.26 Å². The van der Waals surface area contributed by atoms with Crippen LogP contribution in [0, 0.1) is 17.2 Å². The van der Waals surface area contributed by atoms with Crippen molar-refractivity contribution in [3.05, 3.63) is 29.8 Å². The highest BCUT2D eigenvalue weighted by Gasteiger charge is 2.03. The van der Waals surface area contributed by atoms with Gasteiger partial charge in [-0.25, -0.2) is 4.79 Å². The fourth-order valence-electron chi connectivity index (χ4n) is 1.55. The van der Waals surface area contributed by atoms with Crippen molar-refractivity contribution >= 4 is 11.7 Å². The third-order valence-corrected chi connectivity index (χ3v) is 2.78. The Labute approximate surface area is 120 Å². The zero-order valence-corrected chi connectivity index (χ0v) is 12.1. The minimum Gasteiger partial charge on any atom is -0.385 e. The van der Waals surface area contributed by atoms with Gasteiger partial charge in [-0.1, -0.05) is 19.1 Å². The third-order valence-electron chi connectivity index (χ3n) is 2.78. The number of nitriles is 1. The summed E-state index contributed by atoms with van der Waals surface area (Å²) < 4.78 is 0. The SMILES string of the molecule is CCCNc1ccc(CNC(=O)NC[C@H](C)C#N)cc1. The van der Waals surface area contributed by atoms with Crippen molar-refractivity contribution in [2.24, 2.45) is 5.92 Å². The molecule has 108 valence electrons. The molecule has 0 fully saturated rings. The summed E-state index contributed by atoms with van der Waals surface area (Å²) in [6.07, 6.45) is 1.09. The van der Waals surface area contributed by atoms with E-state index < -0.39 is 0 Å². The minimum atomic E-state index is -0.250. The number of rotatable bonds is 7. The van der Waals surface area contributed by atoms with Crippen LogP contribution < -0.4 is 16.0 Å². The molecule has 0 aliphatic heterocycles. The van der Waals surface area contributed by atoms with Crippen molar-refractivity contribution in [2.75, 3.05) is 18.4 Å². The topological polar surface area (TPSA) is 76.9 Å². The molecule has 0 radical (unpaired) electrons. The van der Waals surface area contributed by atoms with E-state index >= 15 is 0 Å². The van der Waals surface area contributed by atoms with Crippen molar-refractivity contribution in [3.8, 4) is 6.07 Å². The number of urea groups is 1. The maximum absolute atomic E-state index is 11.5. The van der Waals surface area contributed by atoms with Crippen molar-refractivity contribution in [1.82, 2.24) is 10.6 Å². The van der Waals surface area contributed by atoms with Crippen LogP contribution >= 0.6 is 0 Å². The molecule has 0 saturated carbocycles. The first-order valence-corrected chi connectivity index (χ1v) is 6.89. The zero-order chi connectivity index (χ0) is 14.8. The van der Waals surface area contributed by atoms with E-state index in [4.69, 9.17) is 5.26 Å². The normalized spacial score (nSPS) is 11.2. The number of benzene rings is 1. The lowest BCUT2D eigenvalue weighted by Gasteiger charge is -2.09. The minimum absolute atomic E-state index is 0.176. The molecule has 3 N–H and O–H groups in total. The molecule has 0 bridgehead atoms. The number of hydrogen-bond donors (Lipinski definition) is 3. The van der Waals surface area contributed by atoms with Crippen LogP contribution in [0.3, 0.4) is 0 Å². The van der Waals surface area contributed by atoms with E-state index in [1.807, 2.05) is 24.3 Å². The van der Waals surface area contributed by atoms with Crippen LogP contribution in [0.1, 0.15) is 25.8 Å². The summed E-state index contributed by atoms with van der Waals surface area (Å²) in [4.78, 5) is 11.5. The Hall–Kier alpha value is -2.22. The summed E-state index contributed by atoms with van der Waals surface area (Å²) in [6, 6.07) is 9.79.